The SMILES string of the molecule is O=C(NCC#Cc1cc(Cl)cc(Cl)c1Cl)OCC1c2ccccc2-c2ccccc21. The lowest BCUT2D eigenvalue weighted by molar-refractivity contribution is 0.144. The van der Waals surface area contributed by atoms with Crippen LogP contribution in [-0.2, 0) is 4.74 Å². The van der Waals surface area contributed by atoms with E-state index in [4.69, 9.17) is 39.5 Å². The van der Waals surface area contributed by atoms with Gasteiger partial charge in [-0.25, -0.2) is 4.79 Å². The molecule has 3 aromatic carbocycles. The van der Waals surface area contributed by atoms with Gasteiger partial charge in [-0.05, 0) is 34.4 Å². The Morgan fingerprint density at radius 1 is 0.967 bits per heavy atom. The number of carbonyl (C=O) groups excluding carboxylic acids is 1. The number of amides is 1. The topological polar surface area (TPSA) is 38.3 Å². The van der Waals surface area contributed by atoms with E-state index in [0.717, 1.165) is 0 Å². The molecule has 0 atom stereocenters. The summed E-state index contributed by atoms with van der Waals surface area (Å²) in [4.78, 5) is 12.1. The summed E-state index contributed by atoms with van der Waals surface area (Å²) in [6, 6.07) is 19.5. The van der Waals surface area contributed by atoms with Gasteiger partial charge in [0.2, 0.25) is 0 Å². The van der Waals surface area contributed by atoms with E-state index < -0.39 is 6.09 Å². The molecule has 0 bridgehead atoms. The van der Waals surface area contributed by atoms with Crippen LogP contribution in [0.25, 0.3) is 11.1 Å². The summed E-state index contributed by atoms with van der Waals surface area (Å²) >= 11 is 18.1. The zero-order chi connectivity index (χ0) is 21.1. The van der Waals surface area contributed by atoms with Crippen LogP contribution in [-0.4, -0.2) is 19.2 Å². The largest absolute Gasteiger partial charge is 0.449 e. The summed E-state index contributed by atoms with van der Waals surface area (Å²) < 4.78 is 5.47. The Labute approximate surface area is 189 Å². The first-order valence-electron chi connectivity index (χ1n) is 9.27. The van der Waals surface area contributed by atoms with Gasteiger partial charge in [-0.15, -0.1) is 0 Å². The van der Waals surface area contributed by atoms with E-state index in [9.17, 15) is 4.79 Å². The summed E-state index contributed by atoms with van der Waals surface area (Å²) in [6.45, 7) is 0.361. The van der Waals surface area contributed by atoms with Gasteiger partial charge in [0.25, 0.3) is 0 Å². The van der Waals surface area contributed by atoms with Crippen LogP contribution < -0.4 is 5.32 Å². The Hall–Kier alpha value is -2.64. The Bertz CT molecular complexity index is 1140. The molecule has 0 radical (unpaired) electrons. The fourth-order valence-corrected chi connectivity index (χ4v) is 4.20. The van der Waals surface area contributed by atoms with Crippen molar-refractivity contribution in [3.05, 3.63) is 92.4 Å². The number of benzene rings is 3. The van der Waals surface area contributed by atoms with Gasteiger partial charge in [-0.3, -0.25) is 0 Å². The predicted octanol–water partition coefficient (Wildman–Crippen LogP) is 6.54. The van der Waals surface area contributed by atoms with Crippen LogP contribution in [0.2, 0.25) is 15.1 Å². The third-order valence-electron chi connectivity index (χ3n) is 4.88. The van der Waals surface area contributed by atoms with Crippen molar-refractivity contribution in [3.63, 3.8) is 0 Å². The number of ether oxygens (including phenoxy) is 1. The number of halogens is 3. The van der Waals surface area contributed by atoms with Gasteiger partial charge in [0.05, 0.1) is 16.6 Å². The molecule has 1 N–H and O–H groups in total. The van der Waals surface area contributed by atoms with E-state index in [0.29, 0.717) is 20.6 Å². The van der Waals surface area contributed by atoms with E-state index in [2.05, 4.69) is 41.4 Å². The highest BCUT2D eigenvalue weighted by molar-refractivity contribution is 6.43. The normalized spacial score (nSPS) is 11.8. The van der Waals surface area contributed by atoms with Gasteiger partial charge in [0.1, 0.15) is 6.61 Å². The standard InChI is InChI=1S/C24H16Cl3NO2/c25-16-12-15(23(27)22(26)13-16)6-5-11-28-24(29)30-14-21-19-9-3-1-7-17(19)18-8-2-4-10-20(18)21/h1-4,7-10,12-13,21H,11,14H2,(H,28,29). The summed E-state index contributed by atoms with van der Waals surface area (Å²) in [7, 11) is 0. The van der Waals surface area contributed by atoms with Gasteiger partial charge >= 0.3 is 6.09 Å². The van der Waals surface area contributed by atoms with Gasteiger partial charge in [-0.2, -0.15) is 0 Å². The van der Waals surface area contributed by atoms with Crippen molar-refractivity contribution in [1.82, 2.24) is 5.32 Å². The zero-order valence-electron chi connectivity index (χ0n) is 15.7. The maximum atomic E-state index is 12.1. The molecule has 1 aliphatic rings. The van der Waals surface area contributed by atoms with E-state index in [1.54, 1.807) is 12.1 Å². The highest BCUT2D eigenvalue weighted by Gasteiger charge is 2.28. The van der Waals surface area contributed by atoms with Crippen LogP contribution in [0.4, 0.5) is 4.79 Å². The lowest BCUT2D eigenvalue weighted by Crippen LogP contribution is -2.26. The lowest BCUT2D eigenvalue weighted by atomic mass is 9.98. The third-order valence-corrected chi connectivity index (χ3v) is 5.90. The summed E-state index contributed by atoms with van der Waals surface area (Å²) in [5.41, 5.74) is 5.20. The molecule has 0 unspecified atom stereocenters. The molecule has 3 nitrogen and oxygen atoms in total. The molecule has 150 valence electrons. The number of hydrogen-bond donors (Lipinski definition) is 1. The average Bonchev–Trinajstić information content (AvgIpc) is 3.07. The molecule has 0 aromatic heterocycles. The average molecular weight is 457 g/mol. The van der Waals surface area contributed by atoms with Crippen molar-refractivity contribution < 1.29 is 9.53 Å². The summed E-state index contributed by atoms with van der Waals surface area (Å²) in [5.74, 6) is 5.69. The van der Waals surface area contributed by atoms with Gasteiger partial charge in [0, 0.05) is 16.5 Å². The molecular weight excluding hydrogens is 441 g/mol. The molecule has 0 fully saturated rings. The second-order valence-electron chi connectivity index (χ2n) is 6.73. The van der Waals surface area contributed by atoms with Crippen LogP contribution in [0.5, 0.6) is 0 Å². The zero-order valence-corrected chi connectivity index (χ0v) is 18.0. The van der Waals surface area contributed by atoms with Crippen LogP contribution in [0.3, 0.4) is 0 Å². The molecular formula is C24H16Cl3NO2. The smallest absolute Gasteiger partial charge is 0.407 e. The molecule has 1 aliphatic carbocycles. The number of hydrogen-bond acceptors (Lipinski definition) is 2. The maximum Gasteiger partial charge on any atom is 0.407 e. The summed E-state index contributed by atoms with van der Waals surface area (Å²) in [6.07, 6.45) is -0.526. The Balaban J connectivity index is 1.37. The number of rotatable bonds is 3. The minimum absolute atomic E-state index is 0.0154. The van der Waals surface area contributed by atoms with Crippen LogP contribution in [0.15, 0.2) is 60.7 Å². The fourth-order valence-electron chi connectivity index (χ4n) is 3.55. The molecule has 0 aliphatic heterocycles. The number of alkyl carbamates (subject to hydrolysis) is 1. The first-order valence-corrected chi connectivity index (χ1v) is 10.4. The van der Waals surface area contributed by atoms with Gasteiger partial charge < -0.3 is 10.1 Å². The van der Waals surface area contributed by atoms with Gasteiger partial charge in [-0.1, -0.05) is 95.2 Å². The molecule has 0 spiro atoms. The third kappa shape index (κ3) is 4.27. The molecule has 1 amide bonds. The van der Waals surface area contributed by atoms with Crippen molar-refractivity contribution >= 4 is 40.9 Å². The van der Waals surface area contributed by atoms with Crippen molar-refractivity contribution in [1.29, 1.82) is 0 Å². The van der Waals surface area contributed by atoms with Crippen molar-refractivity contribution in [2.45, 2.75) is 5.92 Å². The second-order valence-corrected chi connectivity index (χ2v) is 7.95. The summed E-state index contributed by atoms with van der Waals surface area (Å²) in [5, 5.41) is 3.73. The molecule has 3 aromatic rings. The number of carbonyl (C=O) groups is 1. The Kier molecular flexibility index (Phi) is 6.20. The quantitative estimate of drug-likeness (QED) is 0.359. The molecule has 6 heteroatoms. The number of fused-ring (bicyclic) bond motifs is 3. The highest BCUT2D eigenvalue weighted by Crippen LogP contribution is 2.44. The second kappa shape index (κ2) is 9.02. The predicted molar refractivity (Wildman–Crippen MR) is 121 cm³/mol. The lowest BCUT2D eigenvalue weighted by Gasteiger charge is -2.14. The monoisotopic (exact) mass is 455 g/mol. The van der Waals surface area contributed by atoms with Crippen molar-refractivity contribution in [3.8, 4) is 23.0 Å². The van der Waals surface area contributed by atoms with Gasteiger partial charge in [0.15, 0.2) is 0 Å². The van der Waals surface area contributed by atoms with E-state index >= 15 is 0 Å². The van der Waals surface area contributed by atoms with E-state index in [-0.39, 0.29) is 19.1 Å². The number of nitrogens with one attached hydrogen (secondary N) is 1. The molecule has 30 heavy (non-hydrogen) atoms. The highest BCUT2D eigenvalue weighted by atomic mass is 35.5. The minimum atomic E-state index is -0.526. The minimum Gasteiger partial charge on any atom is -0.449 e. The van der Waals surface area contributed by atoms with Crippen LogP contribution in [0, 0.1) is 11.8 Å². The Morgan fingerprint density at radius 3 is 2.27 bits per heavy atom. The van der Waals surface area contributed by atoms with E-state index in [1.807, 2.05) is 24.3 Å². The van der Waals surface area contributed by atoms with Crippen LogP contribution in [0.1, 0.15) is 22.6 Å². The van der Waals surface area contributed by atoms with E-state index in [1.165, 1.54) is 22.3 Å². The van der Waals surface area contributed by atoms with Crippen molar-refractivity contribution in [2.24, 2.45) is 0 Å². The maximum absolute atomic E-state index is 12.1. The molecule has 4 rings (SSSR count). The first kappa shape index (κ1) is 20.6. The van der Waals surface area contributed by atoms with Crippen molar-refractivity contribution in [2.75, 3.05) is 13.2 Å². The first-order chi connectivity index (χ1) is 14.5. The molecule has 0 saturated heterocycles. The fraction of sp³-hybridized carbons (Fsp3) is 0.125. The molecule has 0 heterocycles. The van der Waals surface area contributed by atoms with Crippen LogP contribution >= 0.6 is 34.8 Å². The molecule has 0 saturated carbocycles. The Morgan fingerprint density at radius 2 is 1.60 bits per heavy atom.